The van der Waals surface area contributed by atoms with Gasteiger partial charge in [0.1, 0.15) is 23.0 Å². The summed E-state index contributed by atoms with van der Waals surface area (Å²) in [5, 5.41) is 3.22. The van der Waals surface area contributed by atoms with E-state index in [1.54, 1.807) is 29.3 Å². The van der Waals surface area contributed by atoms with Crippen molar-refractivity contribution >= 4 is 49.9 Å². The Morgan fingerprint density at radius 1 is 1.12 bits per heavy atom. The van der Waals surface area contributed by atoms with Crippen molar-refractivity contribution in [3.63, 3.8) is 0 Å². The normalized spacial score (nSPS) is 17.5. The number of hydrogen-bond donors (Lipinski definition) is 1. The van der Waals surface area contributed by atoms with E-state index in [0.29, 0.717) is 41.3 Å². The van der Waals surface area contributed by atoms with Crippen LogP contribution >= 0.6 is 11.6 Å². The van der Waals surface area contributed by atoms with Crippen LogP contribution in [-0.4, -0.2) is 54.5 Å². The number of halogens is 4. The van der Waals surface area contributed by atoms with Crippen LogP contribution in [0.15, 0.2) is 53.6 Å². The topological polar surface area (TPSA) is 124 Å². The summed E-state index contributed by atoms with van der Waals surface area (Å²) in [6.07, 6.45) is -1.53. The Labute approximate surface area is 242 Å². The molecule has 2 aliphatic rings. The molecule has 0 radical (unpaired) electrons. The summed E-state index contributed by atoms with van der Waals surface area (Å²) < 4.78 is 76.9. The summed E-state index contributed by atoms with van der Waals surface area (Å²) in [5.74, 6) is 0.212. The zero-order chi connectivity index (χ0) is 29.6. The molecule has 6 rings (SSSR count). The fraction of sp³-hybridized carbons (Fsp3) is 0.259. The van der Waals surface area contributed by atoms with Crippen molar-refractivity contribution in [1.82, 2.24) is 20.3 Å². The molecule has 0 unspecified atom stereocenters. The van der Waals surface area contributed by atoms with Gasteiger partial charge in [-0.3, -0.25) is 9.78 Å². The Kier molecular flexibility index (Phi) is 7.27. The second-order valence-corrected chi connectivity index (χ2v) is 11.9. The van der Waals surface area contributed by atoms with Gasteiger partial charge in [0.2, 0.25) is 15.3 Å². The van der Waals surface area contributed by atoms with Gasteiger partial charge in [-0.1, -0.05) is 11.6 Å². The standard InChI is InChI=1S/C27H21ClF3N5O5S/c28-17-9-15(10-21-24(17)41-7-5-22(29)42(21,38)39)27(37)33-13-16-11-19-14(12-32-16)1-4-23(34-19)36-6-8-40-20-3-2-18(25(30)31)35-26(20)36/h1-4,9-12,22,25H,5-8,13H2,(H,33,37)/t22-/m1/s1. The summed E-state index contributed by atoms with van der Waals surface area (Å²) in [4.78, 5) is 27.2. The number of nitrogens with zero attached hydrogens (tertiary/aromatic N) is 4. The number of ether oxygens (including phenoxy) is 2. The molecule has 10 nitrogen and oxygen atoms in total. The number of pyridine rings is 3. The molecule has 0 saturated heterocycles. The van der Waals surface area contributed by atoms with Gasteiger partial charge in [0, 0.05) is 23.6 Å². The van der Waals surface area contributed by atoms with Crippen LogP contribution in [0, 0.1) is 0 Å². The SMILES string of the molecule is O=C(NCc1cc2nc(N3CCOc4ccc(C(F)F)nc43)ccc2cn1)c1cc(Cl)c2c(c1)S(=O)(=O)[C@@H](F)CCO2. The minimum atomic E-state index is -4.40. The zero-order valence-electron chi connectivity index (χ0n) is 21.6. The fourth-order valence-electron chi connectivity index (χ4n) is 4.62. The predicted octanol–water partition coefficient (Wildman–Crippen LogP) is 4.93. The molecule has 0 spiro atoms. The van der Waals surface area contributed by atoms with E-state index in [1.807, 2.05) is 0 Å². The average molecular weight is 620 g/mol. The maximum Gasteiger partial charge on any atom is 0.280 e. The highest BCUT2D eigenvalue weighted by Gasteiger charge is 2.35. The Hall–Kier alpha value is -4.17. The first-order valence-electron chi connectivity index (χ1n) is 12.7. The molecule has 0 fully saturated rings. The summed E-state index contributed by atoms with van der Waals surface area (Å²) >= 11 is 6.19. The van der Waals surface area contributed by atoms with Crippen molar-refractivity contribution < 1.29 is 35.9 Å². The highest BCUT2D eigenvalue weighted by Crippen LogP contribution is 2.39. The Morgan fingerprint density at radius 3 is 2.76 bits per heavy atom. The van der Waals surface area contributed by atoms with E-state index < -0.39 is 32.6 Å². The number of hydrogen-bond acceptors (Lipinski definition) is 9. The van der Waals surface area contributed by atoms with Crippen molar-refractivity contribution in [3.05, 3.63) is 70.6 Å². The molecule has 4 aromatic rings. The molecule has 1 amide bonds. The van der Waals surface area contributed by atoms with E-state index in [9.17, 15) is 26.4 Å². The summed E-state index contributed by atoms with van der Waals surface area (Å²) in [7, 11) is -4.40. The van der Waals surface area contributed by atoms with Gasteiger partial charge in [-0.25, -0.2) is 31.6 Å². The van der Waals surface area contributed by atoms with Crippen molar-refractivity contribution in [2.45, 2.75) is 29.8 Å². The largest absolute Gasteiger partial charge is 0.490 e. The van der Waals surface area contributed by atoms with Crippen LogP contribution in [0.4, 0.5) is 24.8 Å². The van der Waals surface area contributed by atoms with Gasteiger partial charge in [-0.2, -0.15) is 0 Å². The smallest absolute Gasteiger partial charge is 0.280 e. The van der Waals surface area contributed by atoms with Gasteiger partial charge in [0.25, 0.3) is 12.3 Å². The maximum absolute atomic E-state index is 14.3. The molecule has 3 aromatic heterocycles. The molecule has 5 heterocycles. The third-order valence-electron chi connectivity index (χ3n) is 6.74. The van der Waals surface area contributed by atoms with Crippen molar-refractivity contribution in [2.75, 3.05) is 24.7 Å². The van der Waals surface area contributed by atoms with Crippen molar-refractivity contribution in [1.29, 1.82) is 0 Å². The number of fused-ring (bicyclic) bond motifs is 3. The molecular weight excluding hydrogens is 599 g/mol. The lowest BCUT2D eigenvalue weighted by Gasteiger charge is -2.29. The Morgan fingerprint density at radius 2 is 1.95 bits per heavy atom. The van der Waals surface area contributed by atoms with Gasteiger partial charge in [-0.05, 0) is 42.5 Å². The van der Waals surface area contributed by atoms with Crippen LogP contribution in [0.2, 0.25) is 5.02 Å². The summed E-state index contributed by atoms with van der Waals surface area (Å²) in [6, 6.07) is 10.1. The van der Waals surface area contributed by atoms with Gasteiger partial charge in [0.15, 0.2) is 17.3 Å². The molecule has 1 atom stereocenters. The Bertz CT molecular complexity index is 1830. The monoisotopic (exact) mass is 619 g/mol. The summed E-state index contributed by atoms with van der Waals surface area (Å²) in [6.45, 7) is 0.423. The molecule has 42 heavy (non-hydrogen) atoms. The molecule has 1 N–H and O–H groups in total. The number of amides is 1. The second kappa shape index (κ2) is 10.9. The number of carbonyl (C=O) groups excluding carboxylic acids is 1. The highest BCUT2D eigenvalue weighted by atomic mass is 35.5. The lowest BCUT2D eigenvalue weighted by atomic mass is 10.2. The van der Waals surface area contributed by atoms with Crippen LogP contribution in [-0.2, 0) is 16.4 Å². The lowest BCUT2D eigenvalue weighted by molar-refractivity contribution is 0.0950. The first-order valence-corrected chi connectivity index (χ1v) is 14.6. The van der Waals surface area contributed by atoms with Crippen LogP contribution in [0.1, 0.15) is 34.6 Å². The number of nitrogens with one attached hydrogen (secondary N) is 1. The zero-order valence-corrected chi connectivity index (χ0v) is 23.1. The van der Waals surface area contributed by atoms with Gasteiger partial charge in [0.05, 0.1) is 35.9 Å². The molecule has 0 saturated carbocycles. The summed E-state index contributed by atoms with van der Waals surface area (Å²) in [5.41, 5.74) is -1.70. The quantitative estimate of drug-likeness (QED) is 0.331. The number of anilines is 2. The minimum Gasteiger partial charge on any atom is -0.490 e. The molecular formula is C27H21ClF3N5O5S. The number of alkyl halides is 3. The highest BCUT2D eigenvalue weighted by molar-refractivity contribution is 7.92. The average Bonchev–Trinajstić information content (AvgIpc) is 3.10. The van der Waals surface area contributed by atoms with Gasteiger partial charge < -0.3 is 19.7 Å². The van der Waals surface area contributed by atoms with E-state index >= 15 is 0 Å². The van der Waals surface area contributed by atoms with Gasteiger partial charge >= 0.3 is 0 Å². The maximum atomic E-state index is 14.3. The molecule has 2 aliphatic heterocycles. The number of aromatic nitrogens is 3. The molecule has 1 aromatic carbocycles. The third kappa shape index (κ3) is 5.15. The number of rotatable bonds is 5. The predicted molar refractivity (Wildman–Crippen MR) is 146 cm³/mol. The van der Waals surface area contributed by atoms with E-state index in [4.69, 9.17) is 21.1 Å². The molecule has 218 valence electrons. The lowest BCUT2D eigenvalue weighted by Crippen LogP contribution is -2.30. The molecule has 0 bridgehead atoms. The van der Waals surface area contributed by atoms with Crippen LogP contribution in [0.25, 0.3) is 10.9 Å². The molecule has 0 aliphatic carbocycles. The van der Waals surface area contributed by atoms with Crippen molar-refractivity contribution in [2.24, 2.45) is 0 Å². The van der Waals surface area contributed by atoms with E-state index in [-0.39, 0.29) is 47.4 Å². The van der Waals surface area contributed by atoms with Crippen molar-refractivity contribution in [3.8, 4) is 11.5 Å². The first-order chi connectivity index (χ1) is 20.1. The first kappa shape index (κ1) is 28.0. The van der Waals surface area contributed by atoms with E-state index in [1.165, 1.54) is 18.2 Å². The second-order valence-electron chi connectivity index (χ2n) is 9.46. The van der Waals surface area contributed by atoms with Crippen LogP contribution in [0.3, 0.4) is 0 Å². The van der Waals surface area contributed by atoms with E-state index in [0.717, 1.165) is 6.07 Å². The Balaban J connectivity index is 1.24. The number of sulfone groups is 1. The van der Waals surface area contributed by atoms with Crippen LogP contribution < -0.4 is 19.7 Å². The number of carbonyl (C=O) groups is 1. The third-order valence-corrected chi connectivity index (χ3v) is 8.85. The van der Waals surface area contributed by atoms with Gasteiger partial charge in [-0.15, -0.1) is 0 Å². The number of benzene rings is 1. The minimum absolute atomic E-state index is 0.0515. The molecule has 15 heteroatoms. The fourth-order valence-corrected chi connectivity index (χ4v) is 6.35. The van der Waals surface area contributed by atoms with Crippen LogP contribution in [0.5, 0.6) is 11.5 Å². The van der Waals surface area contributed by atoms with E-state index in [2.05, 4.69) is 20.3 Å².